The molecule has 1 aliphatic rings. The molecular formula is C14H17ClN2O3. The van der Waals surface area contributed by atoms with Crippen molar-refractivity contribution in [3.8, 4) is 0 Å². The highest BCUT2D eigenvalue weighted by molar-refractivity contribution is 6.33. The first-order valence-corrected chi connectivity index (χ1v) is 6.81. The summed E-state index contributed by atoms with van der Waals surface area (Å²) in [7, 11) is 0. The van der Waals surface area contributed by atoms with Crippen LogP contribution >= 0.6 is 11.6 Å². The smallest absolute Gasteiger partial charge is 0.321 e. The molecule has 0 aromatic heterocycles. The number of hydrogen-bond acceptors (Lipinski definition) is 2. The first kappa shape index (κ1) is 14.7. The topological polar surface area (TPSA) is 69.6 Å². The molecule has 6 heteroatoms. The molecule has 1 saturated heterocycles. The molecule has 0 spiro atoms. The fraction of sp³-hybridized carbons (Fsp3) is 0.429. The second kappa shape index (κ2) is 5.71. The lowest BCUT2D eigenvalue weighted by molar-refractivity contribution is -0.141. The Labute approximate surface area is 122 Å². The van der Waals surface area contributed by atoms with E-state index in [0.717, 1.165) is 11.1 Å². The van der Waals surface area contributed by atoms with Crippen molar-refractivity contribution in [2.45, 2.75) is 20.3 Å². The zero-order valence-corrected chi connectivity index (χ0v) is 12.2. The average molecular weight is 297 g/mol. The third-order valence-corrected chi connectivity index (χ3v) is 3.96. The minimum absolute atomic E-state index is 0.240. The van der Waals surface area contributed by atoms with Crippen LogP contribution in [-0.4, -0.2) is 35.1 Å². The molecule has 2 amide bonds. The number of likely N-dealkylation sites (tertiary alicyclic amines) is 1. The summed E-state index contributed by atoms with van der Waals surface area (Å²) in [5, 5.41) is 12.2. The summed E-state index contributed by atoms with van der Waals surface area (Å²) < 4.78 is 0. The first-order valence-electron chi connectivity index (χ1n) is 6.44. The minimum atomic E-state index is -0.857. The van der Waals surface area contributed by atoms with Gasteiger partial charge in [-0.15, -0.1) is 0 Å². The molecule has 0 saturated carbocycles. The van der Waals surface area contributed by atoms with Gasteiger partial charge in [-0.05, 0) is 43.5 Å². The number of aryl methyl sites for hydroxylation is 2. The lowest BCUT2D eigenvalue weighted by Crippen LogP contribution is -2.33. The number of benzene rings is 1. The molecule has 20 heavy (non-hydrogen) atoms. The Hall–Kier alpha value is -1.75. The molecule has 2 N–H and O–H groups in total. The van der Waals surface area contributed by atoms with Crippen molar-refractivity contribution in [2.24, 2.45) is 5.92 Å². The maximum Gasteiger partial charge on any atom is 0.321 e. The molecule has 1 aromatic rings. The van der Waals surface area contributed by atoms with Gasteiger partial charge in [-0.25, -0.2) is 4.79 Å². The van der Waals surface area contributed by atoms with Gasteiger partial charge in [-0.2, -0.15) is 0 Å². The van der Waals surface area contributed by atoms with Crippen LogP contribution in [0.15, 0.2) is 12.1 Å². The van der Waals surface area contributed by atoms with Gasteiger partial charge < -0.3 is 15.3 Å². The number of urea groups is 1. The number of carbonyl (C=O) groups excluding carboxylic acids is 1. The van der Waals surface area contributed by atoms with E-state index in [1.54, 1.807) is 6.07 Å². The number of carboxylic acids is 1. The zero-order chi connectivity index (χ0) is 14.9. The number of rotatable bonds is 2. The normalized spacial score (nSPS) is 18.1. The number of nitrogens with one attached hydrogen (secondary N) is 1. The van der Waals surface area contributed by atoms with E-state index in [0.29, 0.717) is 23.7 Å². The summed E-state index contributed by atoms with van der Waals surface area (Å²) in [6.07, 6.45) is 0.489. The Morgan fingerprint density at radius 2 is 2.00 bits per heavy atom. The van der Waals surface area contributed by atoms with Crippen LogP contribution in [-0.2, 0) is 4.79 Å². The van der Waals surface area contributed by atoms with E-state index in [1.165, 1.54) is 4.90 Å². The fourth-order valence-electron chi connectivity index (χ4n) is 2.22. The van der Waals surface area contributed by atoms with E-state index in [9.17, 15) is 9.59 Å². The van der Waals surface area contributed by atoms with Gasteiger partial charge in [-0.1, -0.05) is 11.6 Å². The molecule has 5 nitrogen and oxygen atoms in total. The third kappa shape index (κ3) is 3.04. The Morgan fingerprint density at radius 1 is 1.35 bits per heavy atom. The molecule has 0 radical (unpaired) electrons. The Kier molecular flexibility index (Phi) is 4.18. The van der Waals surface area contributed by atoms with Gasteiger partial charge in [0, 0.05) is 13.1 Å². The summed E-state index contributed by atoms with van der Waals surface area (Å²) in [5.74, 6) is -1.33. The molecule has 0 aliphatic carbocycles. The predicted octanol–water partition coefficient (Wildman–Crippen LogP) is 2.90. The Bertz CT molecular complexity index is 560. The van der Waals surface area contributed by atoms with Gasteiger partial charge >= 0.3 is 12.0 Å². The fourth-order valence-corrected chi connectivity index (χ4v) is 2.48. The van der Waals surface area contributed by atoms with Crippen LogP contribution in [0.5, 0.6) is 0 Å². The van der Waals surface area contributed by atoms with Crippen LogP contribution in [0.3, 0.4) is 0 Å². The number of hydrogen-bond donors (Lipinski definition) is 2. The summed E-state index contributed by atoms with van der Waals surface area (Å²) in [4.78, 5) is 24.5. The van der Waals surface area contributed by atoms with Crippen LogP contribution < -0.4 is 5.32 Å². The molecular weight excluding hydrogens is 280 g/mol. The lowest BCUT2D eigenvalue weighted by atomic mass is 10.1. The van der Waals surface area contributed by atoms with Crippen LogP contribution in [0.4, 0.5) is 10.5 Å². The van der Waals surface area contributed by atoms with Gasteiger partial charge in [0.05, 0.1) is 16.6 Å². The first-order chi connectivity index (χ1) is 9.38. The van der Waals surface area contributed by atoms with Crippen molar-refractivity contribution in [1.82, 2.24) is 4.90 Å². The maximum absolute atomic E-state index is 12.1. The van der Waals surface area contributed by atoms with Crippen LogP contribution in [0.1, 0.15) is 17.5 Å². The van der Waals surface area contributed by atoms with E-state index in [-0.39, 0.29) is 12.6 Å². The Balaban J connectivity index is 2.06. The number of amides is 2. The van der Waals surface area contributed by atoms with E-state index in [2.05, 4.69) is 5.32 Å². The second-order valence-electron chi connectivity index (χ2n) is 5.12. The highest BCUT2D eigenvalue weighted by Gasteiger charge is 2.31. The molecule has 1 aromatic carbocycles. The molecule has 1 aliphatic heterocycles. The number of anilines is 1. The maximum atomic E-state index is 12.1. The predicted molar refractivity (Wildman–Crippen MR) is 77.3 cm³/mol. The largest absolute Gasteiger partial charge is 0.481 e. The summed E-state index contributed by atoms with van der Waals surface area (Å²) >= 11 is 6.10. The monoisotopic (exact) mass is 296 g/mol. The SMILES string of the molecule is Cc1cc(Cl)c(NC(=O)N2CCC(C(=O)O)C2)cc1C. The van der Waals surface area contributed by atoms with Gasteiger partial charge in [0.25, 0.3) is 0 Å². The average Bonchev–Trinajstić information content (AvgIpc) is 2.85. The molecule has 1 atom stereocenters. The van der Waals surface area contributed by atoms with Crippen molar-refractivity contribution in [3.05, 3.63) is 28.3 Å². The van der Waals surface area contributed by atoms with Crippen LogP contribution in [0.25, 0.3) is 0 Å². The number of aliphatic carboxylic acids is 1. The number of halogens is 1. The summed E-state index contributed by atoms with van der Waals surface area (Å²) in [5.41, 5.74) is 2.65. The van der Waals surface area contributed by atoms with Crippen molar-refractivity contribution >= 4 is 29.3 Å². The second-order valence-corrected chi connectivity index (χ2v) is 5.52. The molecule has 2 rings (SSSR count). The van der Waals surface area contributed by atoms with Gasteiger partial charge in [-0.3, -0.25) is 4.79 Å². The molecule has 0 bridgehead atoms. The minimum Gasteiger partial charge on any atom is -0.481 e. The van der Waals surface area contributed by atoms with Crippen molar-refractivity contribution in [3.63, 3.8) is 0 Å². The number of nitrogens with zero attached hydrogens (tertiary/aromatic N) is 1. The van der Waals surface area contributed by atoms with Crippen molar-refractivity contribution in [1.29, 1.82) is 0 Å². The van der Waals surface area contributed by atoms with Crippen molar-refractivity contribution in [2.75, 3.05) is 18.4 Å². The summed E-state index contributed by atoms with van der Waals surface area (Å²) in [6.45, 7) is 4.58. The molecule has 1 heterocycles. The lowest BCUT2D eigenvalue weighted by Gasteiger charge is -2.18. The van der Waals surface area contributed by atoms with E-state index >= 15 is 0 Å². The molecule has 1 fully saturated rings. The number of carbonyl (C=O) groups is 2. The van der Waals surface area contributed by atoms with Crippen LogP contribution in [0.2, 0.25) is 5.02 Å². The van der Waals surface area contributed by atoms with Crippen LogP contribution in [0, 0.1) is 19.8 Å². The van der Waals surface area contributed by atoms with Crippen molar-refractivity contribution < 1.29 is 14.7 Å². The van der Waals surface area contributed by atoms with Gasteiger partial charge in [0.15, 0.2) is 0 Å². The molecule has 1 unspecified atom stereocenters. The van der Waals surface area contributed by atoms with E-state index < -0.39 is 11.9 Å². The van der Waals surface area contributed by atoms with Gasteiger partial charge in [0.1, 0.15) is 0 Å². The highest BCUT2D eigenvalue weighted by atomic mass is 35.5. The standard InChI is InChI=1S/C14H17ClN2O3/c1-8-5-11(15)12(6-9(8)2)16-14(20)17-4-3-10(7-17)13(18)19/h5-6,10H,3-4,7H2,1-2H3,(H,16,20)(H,18,19). The summed E-state index contributed by atoms with van der Waals surface area (Å²) in [6, 6.07) is 3.32. The highest BCUT2D eigenvalue weighted by Crippen LogP contribution is 2.26. The van der Waals surface area contributed by atoms with E-state index in [4.69, 9.17) is 16.7 Å². The Morgan fingerprint density at radius 3 is 2.60 bits per heavy atom. The third-order valence-electron chi connectivity index (χ3n) is 3.65. The zero-order valence-electron chi connectivity index (χ0n) is 11.4. The molecule has 108 valence electrons. The van der Waals surface area contributed by atoms with Gasteiger partial charge in [0.2, 0.25) is 0 Å². The number of carboxylic acid groups (broad SMARTS) is 1. The quantitative estimate of drug-likeness (QED) is 0.881. The van der Waals surface area contributed by atoms with E-state index in [1.807, 2.05) is 19.9 Å².